The van der Waals surface area contributed by atoms with Crippen LogP contribution >= 0.6 is 0 Å². The molecule has 0 N–H and O–H groups in total. The molecular weight excluding hydrogens is 166 g/mol. The second-order valence-corrected chi connectivity index (χ2v) is 3.34. The standard InChI is InChI=1S/C9H13N3O/c1-8(12-7-2-4-10-12)9(13)11-5-3-6-11/h2,4,7-8H,3,5-6H2,1H3. The molecule has 4 nitrogen and oxygen atoms in total. The highest BCUT2D eigenvalue weighted by Gasteiger charge is 2.25. The van der Waals surface area contributed by atoms with Crippen LogP contribution in [-0.2, 0) is 4.79 Å². The van der Waals surface area contributed by atoms with Gasteiger partial charge in [-0.3, -0.25) is 9.48 Å². The first-order valence-electron chi connectivity index (χ1n) is 4.57. The Morgan fingerprint density at radius 2 is 2.31 bits per heavy atom. The SMILES string of the molecule is CC(C(=O)N1CCC1)n1cccn1. The van der Waals surface area contributed by atoms with Gasteiger partial charge < -0.3 is 4.90 Å². The van der Waals surface area contributed by atoms with E-state index >= 15 is 0 Å². The summed E-state index contributed by atoms with van der Waals surface area (Å²) < 4.78 is 1.70. The van der Waals surface area contributed by atoms with Crippen LogP contribution in [0.4, 0.5) is 0 Å². The molecule has 0 bridgehead atoms. The second-order valence-electron chi connectivity index (χ2n) is 3.34. The summed E-state index contributed by atoms with van der Waals surface area (Å²) >= 11 is 0. The topological polar surface area (TPSA) is 38.1 Å². The van der Waals surface area contributed by atoms with Gasteiger partial charge in [-0.25, -0.2) is 0 Å². The van der Waals surface area contributed by atoms with Gasteiger partial charge in [0, 0.05) is 25.5 Å². The van der Waals surface area contributed by atoms with E-state index in [0.29, 0.717) is 0 Å². The van der Waals surface area contributed by atoms with Gasteiger partial charge in [-0.2, -0.15) is 5.10 Å². The van der Waals surface area contributed by atoms with Crippen LogP contribution in [0.15, 0.2) is 18.5 Å². The van der Waals surface area contributed by atoms with Crippen molar-refractivity contribution < 1.29 is 4.79 Å². The highest BCUT2D eigenvalue weighted by molar-refractivity contribution is 5.80. The maximum atomic E-state index is 11.7. The molecule has 13 heavy (non-hydrogen) atoms. The lowest BCUT2D eigenvalue weighted by Gasteiger charge is -2.33. The smallest absolute Gasteiger partial charge is 0.247 e. The molecule has 0 radical (unpaired) electrons. The molecule has 70 valence electrons. The third-order valence-corrected chi connectivity index (χ3v) is 2.45. The van der Waals surface area contributed by atoms with E-state index in [4.69, 9.17) is 0 Å². The van der Waals surface area contributed by atoms with E-state index < -0.39 is 0 Å². The van der Waals surface area contributed by atoms with Crippen molar-refractivity contribution in [2.24, 2.45) is 0 Å². The van der Waals surface area contributed by atoms with Gasteiger partial charge in [0.1, 0.15) is 6.04 Å². The Morgan fingerprint density at radius 3 is 2.77 bits per heavy atom. The van der Waals surface area contributed by atoms with Gasteiger partial charge in [0.25, 0.3) is 0 Å². The molecule has 0 spiro atoms. The monoisotopic (exact) mass is 179 g/mol. The van der Waals surface area contributed by atoms with Gasteiger partial charge in [-0.15, -0.1) is 0 Å². The van der Waals surface area contributed by atoms with Gasteiger partial charge in [-0.05, 0) is 19.4 Å². The molecule has 1 aliphatic rings. The van der Waals surface area contributed by atoms with Crippen LogP contribution in [0.1, 0.15) is 19.4 Å². The van der Waals surface area contributed by atoms with E-state index in [1.54, 1.807) is 10.9 Å². The largest absolute Gasteiger partial charge is 0.341 e. The maximum absolute atomic E-state index is 11.7. The number of hydrogen-bond donors (Lipinski definition) is 0. The Hall–Kier alpha value is -1.32. The molecule has 1 unspecified atom stereocenters. The van der Waals surface area contributed by atoms with Crippen LogP contribution in [-0.4, -0.2) is 33.7 Å². The van der Waals surface area contributed by atoms with E-state index in [9.17, 15) is 4.79 Å². The third-order valence-electron chi connectivity index (χ3n) is 2.45. The highest BCUT2D eigenvalue weighted by atomic mass is 16.2. The Kier molecular flexibility index (Phi) is 2.04. The summed E-state index contributed by atoms with van der Waals surface area (Å²) in [6, 6.07) is 1.68. The number of rotatable bonds is 2. The van der Waals surface area contributed by atoms with E-state index in [2.05, 4.69) is 5.10 Å². The molecule has 1 amide bonds. The quantitative estimate of drug-likeness (QED) is 0.669. The summed E-state index contributed by atoms with van der Waals surface area (Å²) in [4.78, 5) is 13.6. The van der Waals surface area contributed by atoms with Crippen molar-refractivity contribution in [1.29, 1.82) is 0 Å². The molecule has 1 aliphatic heterocycles. The van der Waals surface area contributed by atoms with E-state index in [1.165, 1.54) is 0 Å². The zero-order chi connectivity index (χ0) is 9.26. The molecule has 1 atom stereocenters. The Bertz CT molecular complexity index is 290. The Labute approximate surface area is 77.1 Å². The van der Waals surface area contributed by atoms with Crippen molar-refractivity contribution in [1.82, 2.24) is 14.7 Å². The summed E-state index contributed by atoms with van der Waals surface area (Å²) in [7, 11) is 0. The Morgan fingerprint density at radius 1 is 1.54 bits per heavy atom. The van der Waals surface area contributed by atoms with Crippen LogP contribution < -0.4 is 0 Å². The van der Waals surface area contributed by atoms with Crippen LogP contribution in [0.25, 0.3) is 0 Å². The molecule has 0 aliphatic carbocycles. The molecule has 2 rings (SSSR count). The lowest BCUT2D eigenvalue weighted by atomic mass is 10.2. The number of carbonyl (C=O) groups excluding carboxylic acids is 1. The molecular formula is C9H13N3O. The fourth-order valence-corrected chi connectivity index (χ4v) is 1.42. The average Bonchev–Trinajstić information content (AvgIpc) is 2.51. The summed E-state index contributed by atoms with van der Waals surface area (Å²) in [6.45, 7) is 3.70. The average molecular weight is 179 g/mol. The van der Waals surface area contributed by atoms with Crippen molar-refractivity contribution in [3.05, 3.63) is 18.5 Å². The van der Waals surface area contributed by atoms with Crippen LogP contribution in [0.2, 0.25) is 0 Å². The molecule has 0 aromatic carbocycles. The first-order chi connectivity index (χ1) is 6.29. The normalized spacial score (nSPS) is 18.1. The van der Waals surface area contributed by atoms with Gasteiger partial charge in [-0.1, -0.05) is 0 Å². The van der Waals surface area contributed by atoms with E-state index in [-0.39, 0.29) is 11.9 Å². The number of nitrogens with zero attached hydrogens (tertiary/aromatic N) is 3. The zero-order valence-electron chi connectivity index (χ0n) is 7.68. The minimum atomic E-state index is -0.157. The number of amides is 1. The molecule has 0 saturated carbocycles. The highest BCUT2D eigenvalue weighted by Crippen LogP contribution is 2.14. The third kappa shape index (κ3) is 1.43. The van der Waals surface area contributed by atoms with Crippen molar-refractivity contribution in [2.75, 3.05) is 13.1 Å². The van der Waals surface area contributed by atoms with E-state index in [0.717, 1.165) is 19.5 Å². The molecule has 2 heterocycles. The zero-order valence-corrected chi connectivity index (χ0v) is 7.68. The molecule has 1 fully saturated rings. The summed E-state index contributed by atoms with van der Waals surface area (Å²) in [5, 5.41) is 4.05. The number of carbonyl (C=O) groups is 1. The van der Waals surface area contributed by atoms with Crippen molar-refractivity contribution in [3.8, 4) is 0 Å². The van der Waals surface area contributed by atoms with Crippen molar-refractivity contribution in [2.45, 2.75) is 19.4 Å². The predicted molar refractivity (Wildman–Crippen MR) is 48.1 cm³/mol. The van der Waals surface area contributed by atoms with Crippen LogP contribution in [0, 0.1) is 0 Å². The lowest BCUT2D eigenvalue weighted by Crippen LogP contribution is -2.45. The maximum Gasteiger partial charge on any atom is 0.247 e. The van der Waals surface area contributed by atoms with Crippen molar-refractivity contribution in [3.63, 3.8) is 0 Å². The number of aromatic nitrogens is 2. The fraction of sp³-hybridized carbons (Fsp3) is 0.556. The molecule has 1 saturated heterocycles. The van der Waals surface area contributed by atoms with Gasteiger partial charge in [0.15, 0.2) is 0 Å². The van der Waals surface area contributed by atoms with Gasteiger partial charge >= 0.3 is 0 Å². The molecule has 1 aromatic rings. The first kappa shape index (κ1) is 8.29. The van der Waals surface area contributed by atoms with Gasteiger partial charge in [0.2, 0.25) is 5.91 Å². The van der Waals surface area contributed by atoms with Crippen LogP contribution in [0.5, 0.6) is 0 Å². The number of hydrogen-bond acceptors (Lipinski definition) is 2. The van der Waals surface area contributed by atoms with Gasteiger partial charge in [0.05, 0.1) is 0 Å². The van der Waals surface area contributed by atoms with E-state index in [1.807, 2.05) is 24.1 Å². The lowest BCUT2D eigenvalue weighted by molar-refractivity contribution is -0.138. The minimum absolute atomic E-state index is 0.157. The molecule has 1 aromatic heterocycles. The van der Waals surface area contributed by atoms with Crippen molar-refractivity contribution >= 4 is 5.91 Å². The predicted octanol–water partition coefficient (Wildman–Crippen LogP) is 0.676. The number of likely N-dealkylation sites (tertiary alicyclic amines) is 1. The second kappa shape index (κ2) is 3.20. The summed E-state index contributed by atoms with van der Waals surface area (Å²) in [6.07, 6.45) is 4.65. The summed E-state index contributed by atoms with van der Waals surface area (Å²) in [5.74, 6) is 0.176. The summed E-state index contributed by atoms with van der Waals surface area (Å²) in [5.41, 5.74) is 0. The molecule has 4 heteroatoms. The fourth-order valence-electron chi connectivity index (χ4n) is 1.42. The first-order valence-corrected chi connectivity index (χ1v) is 4.57. The Balaban J connectivity index is 2.04. The minimum Gasteiger partial charge on any atom is -0.341 e. The van der Waals surface area contributed by atoms with Crippen LogP contribution in [0.3, 0.4) is 0 Å².